The summed E-state index contributed by atoms with van der Waals surface area (Å²) in [7, 11) is 0. The Morgan fingerprint density at radius 3 is 2.81 bits per heavy atom. The molecule has 0 aliphatic heterocycles. The molecule has 0 spiro atoms. The van der Waals surface area contributed by atoms with E-state index in [-0.39, 0.29) is 22.5 Å². The molecule has 0 bridgehead atoms. The number of carbonyl (C=O) groups is 1. The number of nitrogens with zero attached hydrogens (tertiary/aromatic N) is 3. The molecule has 110 valence electrons. The summed E-state index contributed by atoms with van der Waals surface area (Å²) in [6.45, 7) is 6.28. The summed E-state index contributed by atoms with van der Waals surface area (Å²) in [6.07, 6.45) is 4.93. The maximum atomic E-state index is 12.2. The van der Waals surface area contributed by atoms with Crippen LogP contribution in [0.25, 0.3) is 0 Å². The van der Waals surface area contributed by atoms with Gasteiger partial charge in [-0.15, -0.1) is 0 Å². The van der Waals surface area contributed by atoms with Gasteiger partial charge in [0.05, 0.1) is 11.2 Å². The highest BCUT2D eigenvalue weighted by Gasteiger charge is 2.15. The van der Waals surface area contributed by atoms with E-state index in [4.69, 9.17) is 11.6 Å². The molecule has 6 heteroatoms. The first-order chi connectivity index (χ1) is 9.99. The first-order valence-corrected chi connectivity index (χ1v) is 7.07. The first-order valence-electron chi connectivity index (χ1n) is 6.69. The summed E-state index contributed by atoms with van der Waals surface area (Å²) >= 11 is 6.01. The molecule has 0 aliphatic carbocycles. The van der Waals surface area contributed by atoms with Crippen LogP contribution in [0.3, 0.4) is 0 Å². The van der Waals surface area contributed by atoms with Gasteiger partial charge in [-0.25, -0.2) is 9.97 Å². The molecule has 0 atom stereocenters. The van der Waals surface area contributed by atoms with Crippen molar-refractivity contribution in [1.29, 1.82) is 0 Å². The molecule has 1 N–H and O–H groups in total. The fourth-order valence-electron chi connectivity index (χ4n) is 1.78. The molecule has 2 rings (SSSR count). The maximum absolute atomic E-state index is 12.2. The first kappa shape index (κ1) is 15.4. The Kier molecular flexibility index (Phi) is 4.85. The third-order valence-electron chi connectivity index (χ3n) is 3.07. The van der Waals surface area contributed by atoms with Crippen molar-refractivity contribution in [3.63, 3.8) is 0 Å². The summed E-state index contributed by atoms with van der Waals surface area (Å²) in [6, 6.07) is 1.87. The molecule has 2 aromatic rings. The van der Waals surface area contributed by atoms with Gasteiger partial charge < -0.3 is 5.32 Å². The molecule has 0 radical (unpaired) electrons. The fourth-order valence-corrected chi connectivity index (χ4v) is 1.95. The Morgan fingerprint density at radius 2 is 2.14 bits per heavy atom. The lowest BCUT2D eigenvalue weighted by atomic mass is 10.1. The van der Waals surface area contributed by atoms with Crippen LogP contribution in [0.4, 0.5) is 0 Å². The molecule has 0 fully saturated rings. The van der Waals surface area contributed by atoms with Crippen molar-refractivity contribution in [2.24, 2.45) is 0 Å². The van der Waals surface area contributed by atoms with E-state index in [1.54, 1.807) is 12.4 Å². The van der Waals surface area contributed by atoms with Gasteiger partial charge in [0.1, 0.15) is 11.5 Å². The Balaban J connectivity index is 2.14. The summed E-state index contributed by atoms with van der Waals surface area (Å²) in [5.74, 6) is 0.432. The minimum atomic E-state index is -0.305. The molecule has 0 saturated carbocycles. The second kappa shape index (κ2) is 6.63. The number of amides is 1. The zero-order valence-corrected chi connectivity index (χ0v) is 13.0. The van der Waals surface area contributed by atoms with E-state index < -0.39 is 0 Å². The van der Waals surface area contributed by atoms with Gasteiger partial charge in [-0.1, -0.05) is 25.4 Å². The molecule has 2 heterocycles. The molecular formula is C15H17ClN4O. The fraction of sp³-hybridized carbons (Fsp3) is 0.333. The van der Waals surface area contributed by atoms with Crippen molar-refractivity contribution < 1.29 is 4.79 Å². The predicted octanol–water partition coefficient (Wildman–Crippen LogP) is 2.89. The zero-order chi connectivity index (χ0) is 15.4. The second-order valence-electron chi connectivity index (χ2n) is 5.06. The van der Waals surface area contributed by atoms with Gasteiger partial charge in [-0.05, 0) is 24.1 Å². The molecule has 0 aliphatic rings. The van der Waals surface area contributed by atoms with Crippen molar-refractivity contribution in [3.05, 3.63) is 52.3 Å². The second-order valence-corrected chi connectivity index (χ2v) is 5.47. The highest BCUT2D eigenvalue weighted by Crippen LogP contribution is 2.16. The minimum Gasteiger partial charge on any atom is -0.347 e. The smallest absolute Gasteiger partial charge is 0.271 e. The number of aromatic nitrogens is 3. The van der Waals surface area contributed by atoms with Crippen LogP contribution in [0, 0.1) is 6.92 Å². The third-order valence-corrected chi connectivity index (χ3v) is 3.35. The predicted molar refractivity (Wildman–Crippen MR) is 81.3 cm³/mol. The van der Waals surface area contributed by atoms with Gasteiger partial charge >= 0.3 is 0 Å². The van der Waals surface area contributed by atoms with Crippen LogP contribution in [0.1, 0.15) is 47.2 Å². The standard InChI is InChI=1S/C15H17ClN4O/c1-9(2)14-18-8-12(16)13(20-14)15(21)19-7-11-4-5-17-6-10(11)3/h4-6,8-9H,7H2,1-3H3,(H,19,21). The topological polar surface area (TPSA) is 67.8 Å². The lowest BCUT2D eigenvalue weighted by Gasteiger charge is -2.10. The summed E-state index contributed by atoms with van der Waals surface area (Å²) in [4.78, 5) is 24.6. The van der Waals surface area contributed by atoms with Crippen LogP contribution < -0.4 is 5.32 Å². The van der Waals surface area contributed by atoms with Crippen molar-refractivity contribution in [3.8, 4) is 0 Å². The molecule has 2 aromatic heterocycles. The molecule has 0 unspecified atom stereocenters. The average Bonchev–Trinajstić information content (AvgIpc) is 2.46. The van der Waals surface area contributed by atoms with Crippen molar-refractivity contribution in [1.82, 2.24) is 20.3 Å². The number of pyridine rings is 1. The number of nitrogens with one attached hydrogen (secondary N) is 1. The van der Waals surface area contributed by atoms with Gasteiger partial charge in [0.2, 0.25) is 0 Å². The molecule has 5 nitrogen and oxygen atoms in total. The van der Waals surface area contributed by atoms with Gasteiger partial charge in [0.15, 0.2) is 0 Å². The van der Waals surface area contributed by atoms with Crippen molar-refractivity contribution >= 4 is 17.5 Å². The monoisotopic (exact) mass is 304 g/mol. The van der Waals surface area contributed by atoms with Gasteiger partial charge in [-0.3, -0.25) is 9.78 Å². The van der Waals surface area contributed by atoms with Gasteiger partial charge in [0, 0.05) is 24.9 Å². The van der Waals surface area contributed by atoms with Crippen molar-refractivity contribution in [2.75, 3.05) is 0 Å². The Bertz CT molecular complexity index is 658. The number of rotatable bonds is 4. The lowest BCUT2D eigenvalue weighted by molar-refractivity contribution is 0.0945. The van der Waals surface area contributed by atoms with Crippen LogP contribution in [0.15, 0.2) is 24.7 Å². The van der Waals surface area contributed by atoms with E-state index >= 15 is 0 Å². The van der Waals surface area contributed by atoms with Crippen LogP contribution in [0.2, 0.25) is 5.02 Å². The lowest BCUT2D eigenvalue weighted by Crippen LogP contribution is -2.25. The number of carbonyl (C=O) groups excluding carboxylic acids is 1. The SMILES string of the molecule is Cc1cnccc1CNC(=O)c1nc(C(C)C)ncc1Cl. The molecule has 1 amide bonds. The zero-order valence-electron chi connectivity index (χ0n) is 12.2. The van der Waals surface area contributed by atoms with E-state index in [9.17, 15) is 4.79 Å². The van der Waals surface area contributed by atoms with E-state index in [0.717, 1.165) is 11.1 Å². The highest BCUT2D eigenvalue weighted by molar-refractivity contribution is 6.33. The quantitative estimate of drug-likeness (QED) is 0.943. The van der Waals surface area contributed by atoms with E-state index in [1.807, 2.05) is 26.8 Å². The van der Waals surface area contributed by atoms with Crippen LogP contribution in [-0.4, -0.2) is 20.9 Å². The van der Waals surface area contributed by atoms with Crippen LogP contribution in [0.5, 0.6) is 0 Å². The van der Waals surface area contributed by atoms with E-state index in [2.05, 4.69) is 20.3 Å². The van der Waals surface area contributed by atoms with Crippen LogP contribution in [-0.2, 0) is 6.54 Å². The minimum absolute atomic E-state index is 0.135. The number of halogens is 1. The largest absolute Gasteiger partial charge is 0.347 e. The molecule has 21 heavy (non-hydrogen) atoms. The van der Waals surface area contributed by atoms with Crippen LogP contribution >= 0.6 is 11.6 Å². The Labute approximate surface area is 128 Å². The van der Waals surface area contributed by atoms with E-state index in [0.29, 0.717) is 12.4 Å². The number of aryl methyl sites for hydroxylation is 1. The van der Waals surface area contributed by atoms with E-state index in [1.165, 1.54) is 6.20 Å². The normalized spacial score (nSPS) is 10.7. The van der Waals surface area contributed by atoms with Crippen molar-refractivity contribution in [2.45, 2.75) is 33.2 Å². The maximum Gasteiger partial charge on any atom is 0.271 e. The van der Waals surface area contributed by atoms with Gasteiger partial charge in [-0.2, -0.15) is 0 Å². The molecule has 0 aromatic carbocycles. The number of hydrogen-bond acceptors (Lipinski definition) is 4. The summed E-state index contributed by atoms with van der Waals surface area (Å²) in [5.41, 5.74) is 2.24. The third kappa shape index (κ3) is 3.76. The number of hydrogen-bond donors (Lipinski definition) is 1. The Morgan fingerprint density at radius 1 is 1.38 bits per heavy atom. The summed E-state index contributed by atoms with van der Waals surface area (Å²) < 4.78 is 0. The average molecular weight is 305 g/mol. The summed E-state index contributed by atoms with van der Waals surface area (Å²) in [5, 5.41) is 3.07. The van der Waals surface area contributed by atoms with Gasteiger partial charge in [0.25, 0.3) is 5.91 Å². The molecular weight excluding hydrogens is 288 g/mol. The highest BCUT2D eigenvalue weighted by atomic mass is 35.5. The Hall–Kier alpha value is -2.01. The molecule has 0 saturated heterocycles.